The molecule has 0 N–H and O–H groups in total. The Morgan fingerprint density at radius 2 is 1.75 bits per heavy atom. The van der Waals surface area contributed by atoms with Crippen molar-refractivity contribution in [3.8, 4) is 0 Å². The zero-order chi connectivity index (χ0) is 19.6. The average Bonchev–Trinajstić information content (AvgIpc) is 3.09. The molecule has 1 aromatic carbocycles. The van der Waals surface area contributed by atoms with E-state index in [-0.39, 0.29) is 5.88 Å². The van der Waals surface area contributed by atoms with E-state index in [9.17, 15) is 8.42 Å². The van der Waals surface area contributed by atoms with Crippen molar-refractivity contribution in [2.75, 3.05) is 13.1 Å². The molecule has 0 bridgehead atoms. The quantitative estimate of drug-likeness (QED) is 0.763. The Morgan fingerprint density at radius 3 is 2.50 bits per heavy atom. The van der Waals surface area contributed by atoms with Gasteiger partial charge in [-0.2, -0.15) is 0 Å². The van der Waals surface area contributed by atoms with Crippen molar-refractivity contribution in [3.05, 3.63) is 35.7 Å². The maximum Gasteiger partial charge on any atom is 0.198 e. The van der Waals surface area contributed by atoms with E-state index in [4.69, 9.17) is 0 Å². The summed E-state index contributed by atoms with van der Waals surface area (Å²) in [6.07, 6.45) is 9.17. The first-order chi connectivity index (χ1) is 13.5. The molecule has 1 saturated heterocycles. The second kappa shape index (κ2) is 7.91. The molecule has 1 aliphatic carbocycles. The van der Waals surface area contributed by atoms with Crippen molar-refractivity contribution in [3.63, 3.8) is 0 Å². The van der Waals surface area contributed by atoms with Gasteiger partial charge in [0.05, 0.1) is 11.4 Å². The van der Waals surface area contributed by atoms with Gasteiger partial charge in [0.25, 0.3) is 0 Å². The third-order valence-corrected chi connectivity index (χ3v) is 7.87. The van der Waals surface area contributed by atoms with E-state index in [1.54, 1.807) is 12.1 Å². The molecule has 1 saturated carbocycles. The number of tetrazole rings is 1. The largest absolute Gasteiger partial charge is 0.295 e. The summed E-state index contributed by atoms with van der Waals surface area (Å²) in [5.74, 6) is 0.403. The standard InChI is InChI=1S/C20H29N5O2S/c1-17-6-8-18(9-7-17)28(26,27)16-25-19(21-22-23-25)14-24-13-5-12-20(15-24)10-3-2-4-11-20/h6-9H,2-5,10-16H2,1H3. The average molecular weight is 404 g/mol. The van der Waals surface area contributed by atoms with Gasteiger partial charge in [-0.3, -0.25) is 4.90 Å². The van der Waals surface area contributed by atoms with Gasteiger partial charge < -0.3 is 0 Å². The molecule has 0 radical (unpaired) electrons. The molecule has 4 rings (SSSR count). The van der Waals surface area contributed by atoms with Gasteiger partial charge in [-0.1, -0.05) is 37.0 Å². The van der Waals surface area contributed by atoms with Crippen LogP contribution in [0.4, 0.5) is 0 Å². The Hall–Kier alpha value is -1.80. The molecule has 152 valence electrons. The third kappa shape index (κ3) is 4.27. The van der Waals surface area contributed by atoms with Gasteiger partial charge >= 0.3 is 0 Å². The zero-order valence-corrected chi connectivity index (χ0v) is 17.4. The highest BCUT2D eigenvalue weighted by Gasteiger charge is 2.36. The highest BCUT2D eigenvalue weighted by atomic mass is 32.2. The van der Waals surface area contributed by atoms with Crippen LogP contribution < -0.4 is 0 Å². The van der Waals surface area contributed by atoms with Crippen LogP contribution in [0.25, 0.3) is 0 Å². The normalized spacial score (nSPS) is 20.5. The number of sulfone groups is 1. The van der Waals surface area contributed by atoms with E-state index in [1.807, 2.05) is 19.1 Å². The monoisotopic (exact) mass is 403 g/mol. The lowest BCUT2D eigenvalue weighted by molar-refractivity contribution is 0.0473. The molecular weight excluding hydrogens is 374 g/mol. The molecule has 1 spiro atoms. The first-order valence-electron chi connectivity index (χ1n) is 10.2. The minimum Gasteiger partial charge on any atom is -0.295 e. The minimum atomic E-state index is -3.49. The molecule has 0 amide bonds. The number of rotatable bonds is 5. The molecule has 2 fully saturated rings. The molecule has 8 heteroatoms. The SMILES string of the molecule is Cc1ccc(S(=O)(=O)Cn2nnnc2CN2CCCC3(CCCCC3)C2)cc1. The summed E-state index contributed by atoms with van der Waals surface area (Å²) in [6.45, 7) is 4.65. The molecular formula is C20H29N5O2S. The minimum absolute atomic E-state index is 0.225. The van der Waals surface area contributed by atoms with Gasteiger partial charge in [-0.25, -0.2) is 13.1 Å². The van der Waals surface area contributed by atoms with E-state index in [2.05, 4.69) is 20.4 Å². The van der Waals surface area contributed by atoms with E-state index in [0.717, 1.165) is 18.7 Å². The van der Waals surface area contributed by atoms with Crippen LogP contribution in [0.2, 0.25) is 0 Å². The summed E-state index contributed by atoms with van der Waals surface area (Å²) in [5, 5.41) is 11.9. The van der Waals surface area contributed by atoms with Crippen LogP contribution in [0.3, 0.4) is 0 Å². The van der Waals surface area contributed by atoms with Gasteiger partial charge in [0, 0.05) is 6.54 Å². The van der Waals surface area contributed by atoms with Crippen molar-refractivity contribution in [2.24, 2.45) is 5.41 Å². The molecule has 1 aliphatic heterocycles. The number of hydrogen-bond acceptors (Lipinski definition) is 6. The van der Waals surface area contributed by atoms with Gasteiger partial charge in [0.15, 0.2) is 21.5 Å². The summed E-state index contributed by atoms with van der Waals surface area (Å²) < 4.78 is 27.0. The van der Waals surface area contributed by atoms with Gasteiger partial charge in [-0.05, 0) is 67.1 Å². The summed E-state index contributed by atoms with van der Waals surface area (Å²) in [5.41, 5.74) is 1.48. The predicted octanol–water partition coefficient (Wildman–Crippen LogP) is 2.96. The zero-order valence-electron chi connectivity index (χ0n) is 16.5. The van der Waals surface area contributed by atoms with Crippen LogP contribution >= 0.6 is 0 Å². The third-order valence-electron chi connectivity index (χ3n) is 6.30. The predicted molar refractivity (Wildman–Crippen MR) is 106 cm³/mol. The second-order valence-corrected chi connectivity index (χ2v) is 10.5. The fraction of sp³-hybridized carbons (Fsp3) is 0.650. The lowest BCUT2D eigenvalue weighted by Gasteiger charge is -2.45. The van der Waals surface area contributed by atoms with Crippen molar-refractivity contribution in [1.29, 1.82) is 0 Å². The Balaban J connectivity index is 1.46. The number of aryl methyl sites for hydroxylation is 1. The van der Waals surface area contributed by atoms with Crippen LogP contribution in [0, 0.1) is 12.3 Å². The van der Waals surface area contributed by atoms with Crippen LogP contribution in [0.5, 0.6) is 0 Å². The van der Waals surface area contributed by atoms with Crippen molar-refractivity contribution >= 4 is 9.84 Å². The number of piperidine rings is 1. The molecule has 0 atom stereocenters. The Bertz CT molecular complexity index is 895. The molecule has 2 aliphatic rings. The maximum atomic E-state index is 12.8. The number of benzene rings is 1. The van der Waals surface area contributed by atoms with Crippen LogP contribution in [0.15, 0.2) is 29.2 Å². The smallest absolute Gasteiger partial charge is 0.198 e. The first-order valence-corrected chi connectivity index (χ1v) is 11.9. The molecule has 1 aromatic heterocycles. The Kier molecular flexibility index (Phi) is 5.51. The van der Waals surface area contributed by atoms with Gasteiger partial charge in [-0.15, -0.1) is 5.10 Å². The number of hydrogen-bond donors (Lipinski definition) is 0. The highest BCUT2D eigenvalue weighted by Crippen LogP contribution is 2.43. The fourth-order valence-corrected chi connectivity index (χ4v) is 6.00. The summed E-state index contributed by atoms with van der Waals surface area (Å²) >= 11 is 0. The number of nitrogens with zero attached hydrogens (tertiary/aromatic N) is 5. The van der Waals surface area contributed by atoms with Gasteiger partial charge in [0.1, 0.15) is 0 Å². The summed E-state index contributed by atoms with van der Waals surface area (Å²) in [6, 6.07) is 6.91. The number of likely N-dealkylation sites (tertiary alicyclic amines) is 1. The van der Waals surface area contributed by atoms with Crippen molar-refractivity contribution < 1.29 is 8.42 Å². The fourth-order valence-electron chi connectivity index (χ4n) is 4.77. The number of aromatic nitrogens is 4. The first kappa shape index (κ1) is 19.5. The molecule has 28 heavy (non-hydrogen) atoms. The van der Waals surface area contributed by atoms with Crippen molar-refractivity contribution in [1.82, 2.24) is 25.1 Å². The van der Waals surface area contributed by atoms with E-state index < -0.39 is 9.84 Å². The van der Waals surface area contributed by atoms with Crippen LogP contribution in [-0.2, 0) is 22.3 Å². The lowest BCUT2D eigenvalue weighted by Crippen LogP contribution is -2.44. The summed E-state index contributed by atoms with van der Waals surface area (Å²) in [7, 11) is -3.49. The van der Waals surface area contributed by atoms with Crippen LogP contribution in [0.1, 0.15) is 56.3 Å². The Labute approximate surface area is 167 Å². The van der Waals surface area contributed by atoms with E-state index in [0.29, 0.717) is 22.7 Å². The molecule has 2 heterocycles. The maximum absolute atomic E-state index is 12.8. The molecule has 0 unspecified atom stereocenters. The van der Waals surface area contributed by atoms with Crippen LogP contribution in [-0.4, -0.2) is 46.6 Å². The highest BCUT2D eigenvalue weighted by molar-refractivity contribution is 7.90. The second-order valence-electron chi connectivity index (χ2n) is 8.53. The van der Waals surface area contributed by atoms with Gasteiger partial charge in [0.2, 0.25) is 0 Å². The molecule has 7 nitrogen and oxygen atoms in total. The van der Waals surface area contributed by atoms with E-state index >= 15 is 0 Å². The van der Waals surface area contributed by atoms with E-state index in [1.165, 1.54) is 49.6 Å². The summed E-state index contributed by atoms with van der Waals surface area (Å²) in [4.78, 5) is 2.72. The van der Waals surface area contributed by atoms with Crippen molar-refractivity contribution in [2.45, 2.75) is 69.2 Å². The lowest BCUT2D eigenvalue weighted by atomic mass is 9.69. The molecule has 2 aromatic rings. The Morgan fingerprint density at radius 1 is 1.04 bits per heavy atom. The topological polar surface area (TPSA) is 81.0 Å².